The van der Waals surface area contributed by atoms with E-state index in [2.05, 4.69) is 58.5 Å². The molecule has 2 aromatic heterocycles. The number of para-hydroxylation sites is 1. The Kier molecular flexibility index (Phi) is 12.3. The summed E-state index contributed by atoms with van der Waals surface area (Å²) in [5.41, 5.74) is 4.46. The fraction of sp³-hybridized carbons (Fsp3) is 0.541. The van der Waals surface area contributed by atoms with E-state index in [1.54, 1.807) is 13.0 Å². The zero-order chi connectivity index (χ0) is 33.4. The summed E-state index contributed by atoms with van der Waals surface area (Å²) >= 11 is 0. The van der Waals surface area contributed by atoms with Gasteiger partial charge < -0.3 is 29.8 Å². The molecule has 0 spiro atoms. The molecule has 250 valence electrons. The van der Waals surface area contributed by atoms with Gasteiger partial charge in [0.15, 0.2) is 0 Å². The lowest BCUT2D eigenvalue weighted by Crippen LogP contribution is -2.41. The number of hydrogen-bond donors (Lipinski definition) is 3. The van der Waals surface area contributed by atoms with E-state index < -0.39 is 0 Å². The molecule has 1 aliphatic heterocycles. The lowest BCUT2D eigenvalue weighted by atomic mass is 9.90. The maximum absolute atomic E-state index is 13.6. The summed E-state index contributed by atoms with van der Waals surface area (Å²) < 4.78 is 7.73. The molecule has 3 N–H and O–H groups in total. The maximum atomic E-state index is 13.6. The quantitative estimate of drug-likeness (QED) is 0.177. The molecule has 9 nitrogen and oxygen atoms in total. The molecule has 2 amide bonds. The van der Waals surface area contributed by atoms with Crippen molar-refractivity contribution in [3.63, 3.8) is 0 Å². The predicted octanol–water partition coefficient (Wildman–Crippen LogP) is 6.05. The van der Waals surface area contributed by atoms with Crippen LogP contribution in [0.1, 0.15) is 92.6 Å². The lowest BCUT2D eigenvalue weighted by molar-refractivity contribution is -0.120. The molecule has 3 heterocycles. The summed E-state index contributed by atoms with van der Waals surface area (Å²) in [4.78, 5) is 43.9. The number of ether oxygens (including phenoxy) is 1. The summed E-state index contributed by atoms with van der Waals surface area (Å²) in [6.45, 7) is 18.1. The SMILES string of the molecule is C=C(CC(=O)NCCN1CCC([C@@H](C)n2c(C)c(C(=O)NCc3c(OC)cc(C)[nH]c3=O)c3ccccc32)CC1)CC(CC)CC. The summed E-state index contributed by atoms with van der Waals surface area (Å²) in [6.07, 6.45) is 5.68. The molecular formula is C37H53N5O4. The monoisotopic (exact) mass is 631 g/mol. The van der Waals surface area contributed by atoms with Gasteiger partial charge in [0.05, 0.1) is 24.8 Å². The number of H-pyrrole nitrogens is 1. The van der Waals surface area contributed by atoms with E-state index in [1.165, 1.54) is 7.11 Å². The van der Waals surface area contributed by atoms with E-state index in [9.17, 15) is 14.4 Å². The van der Waals surface area contributed by atoms with E-state index in [-0.39, 0.29) is 30.0 Å². The lowest BCUT2D eigenvalue weighted by Gasteiger charge is -2.36. The number of methoxy groups -OCH3 is 1. The number of aryl methyl sites for hydroxylation is 1. The number of carbonyl (C=O) groups is 2. The second-order valence-electron chi connectivity index (χ2n) is 12.9. The molecule has 1 saturated heterocycles. The van der Waals surface area contributed by atoms with Crippen molar-refractivity contribution in [1.29, 1.82) is 0 Å². The molecule has 1 fully saturated rings. The van der Waals surface area contributed by atoms with Crippen LogP contribution in [-0.4, -0.2) is 59.6 Å². The first-order valence-electron chi connectivity index (χ1n) is 16.9. The van der Waals surface area contributed by atoms with Crippen LogP contribution in [0, 0.1) is 25.7 Å². The Morgan fingerprint density at radius 1 is 1.11 bits per heavy atom. The molecule has 4 rings (SSSR count). The van der Waals surface area contributed by atoms with Crippen LogP contribution in [0.15, 0.2) is 47.3 Å². The van der Waals surface area contributed by atoms with Crippen LogP contribution in [-0.2, 0) is 11.3 Å². The number of rotatable bonds is 15. The Labute approximate surface area is 273 Å². The minimum Gasteiger partial charge on any atom is -0.496 e. The Morgan fingerprint density at radius 2 is 1.80 bits per heavy atom. The van der Waals surface area contributed by atoms with Gasteiger partial charge in [0.2, 0.25) is 5.91 Å². The minimum atomic E-state index is -0.267. The molecular weight excluding hydrogens is 578 g/mol. The number of nitrogens with zero attached hydrogens (tertiary/aromatic N) is 2. The van der Waals surface area contributed by atoms with Gasteiger partial charge >= 0.3 is 0 Å². The van der Waals surface area contributed by atoms with E-state index in [0.29, 0.717) is 47.4 Å². The molecule has 1 atom stereocenters. The Morgan fingerprint density at radius 3 is 2.48 bits per heavy atom. The van der Waals surface area contributed by atoms with Crippen molar-refractivity contribution in [2.75, 3.05) is 33.3 Å². The highest BCUT2D eigenvalue weighted by molar-refractivity contribution is 6.08. The first kappa shape index (κ1) is 35.0. The van der Waals surface area contributed by atoms with E-state index >= 15 is 0 Å². The molecule has 1 aliphatic rings. The number of aromatic amines is 1. The number of nitrogens with one attached hydrogen (secondary N) is 3. The van der Waals surface area contributed by atoms with Crippen molar-refractivity contribution < 1.29 is 14.3 Å². The zero-order valence-corrected chi connectivity index (χ0v) is 28.6. The largest absolute Gasteiger partial charge is 0.496 e. The molecule has 9 heteroatoms. The number of benzene rings is 1. The van der Waals surface area contributed by atoms with Gasteiger partial charge in [-0.2, -0.15) is 0 Å². The zero-order valence-electron chi connectivity index (χ0n) is 28.6. The van der Waals surface area contributed by atoms with Gasteiger partial charge in [-0.1, -0.05) is 57.0 Å². The average molecular weight is 632 g/mol. The smallest absolute Gasteiger partial charge is 0.256 e. The predicted molar refractivity (Wildman–Crippen MR) is 186 cm³/mol. The first-order chi connectivity index (χ1) is 22.1. The van der Waals surface area contributed by atoms with Crippen molar-refractivity contribution >= 4 is 22.7 Å². The van der Waals surface area contributed by atoms with Crippen LogP contribution >= 0.6 is 0 Å². The summed E-state index contributed by atoms with van der Waals surface area (Å²) in [6, 6.07) is 10.0. The second-order valence-corrected chi connectivity index (χ2v) is 12.9. The highest BCUT2D eigenvalue weighted by Crippen LogP contribution is 2.35. The van der Waals surface area contributed by atoms with E-state index in [0.717, 1.165) is 73.9 Å². The molecule has 0 radical (unpaired) electrons. The van der Waals surface area contributed by atoms with Crippen molar-refractivity contribution in [1.82, 2.24) is 25.1 Å². The molecule has 46 heavy (non-hydrogen) atoms. The highest BCUT2D eigenvalue weighted by atomic mass is 16.5. The number of piperidine rings is 1. The molecule has 0 aliphatic carbocycles. The van der Waals surface area contributed by atoms with Crippen LogP contribution in [0.5, 0.6) is 5.75 Å². The van der Waals surface area contributed by atoms with Gasteiger partial charge in [0.1, 0.15) is 5.75 Å². The van der Waals surface area contributed by atoms with Gasteiger partial charge in [0.25, 0.3) is 11.5 Å². The van der Waals surface area contributed by atoms with Crippen molar-refractivity contribution in [2.24, 2.45) is 11.8 Å². The highest BCUT2D eigenvalue weighted by Gasteiger charge is 2.29. The second kappa shape index (κ2) is 16.1. The van der Waals surface area contributed by atoms with Crippen LogP contribution < -0.4 is 20.9 Å². The van der Waals surface area contributed by atoms with Gasteiger partial charge in [0, 0.05) is 47.8 Å². The molecule has 3 aromatic rings. The van der Waals surface area contributed by atoms with E-state index in [1.807, 2.05) is 25.1 Å². The third kappa shape index (κ3) is 8.29. The van der Waals surface area contributed by atoms with Crippen molar-refractivity contribution in [3.05, 3.63) is 75.4 Å². The van der Waals surface area contributed by atoms with E-state index in [4.69, 9.17) is 4.74 Å². The normalized spacial score (nSPS) is 14.8. The standard InChI is InChI=1S/C37H53N5O4/c1-8-28(9-2)20-24(3)21-34(43)38-16-19-41-17-14-29(15-18-41)26(5)42-27(6)35(30-12-10-11-13-32(30)42)37(45)39-23-31-33(46-7)22-25(4)40-36(31)44/h10-13,22,26,28-29H,3,8-9,14-21,23H2,1-2,4-7H3,(H,38,43)(H,39,45)(H,40,44)/t26-/m1/s1. The fourth-order valence-corrected chi connectivity index (χ4v) is 7.07. The first-order valence-corrected chi connectivity index (χ1v) is 16.9. The van der Waals surface area contributed by atoms with Gasteiger partial charge in [-0.15, -0.1) is 0 Å². The molecule has 1 aromatic carbocycles. The number of carbonyl (C=O) groups excluding carboxylic acids is 2. The van der Waals surface area contributed by atoms with Crippen LogP contribution in [0.4, 0.5) is 0 Å². The number of aromatic nitrogens is 2. The summed E-state index contributed by atoms with van der Waals surface area (Å²) in [5.74, 6) is 1.39. The minimum absolute atomic E-state index is 0.0674. The number of likely N-dealkylation sites (tertiary alicyclic amines) is 1. The van der Waals surface area contributed by atoms with Crippen molar-refractivity contribution in [2.45, 2.75) is 85.7 Å². The molecule has 0 saturated carbocycles. The molecule has 0 unspecified atom stereocenters. The van der Waals surface area contributed by atoms with Crippen LogP contribution in [0.2, 0.25) is 0 Å². The Balaban J connectivity index is 1.36. The Bertz CT molecular complexity index is 1580. The summed E-state index contributed by atoms with van der Waals surface area (Å²) in [7, 11) is 1.52. The summed E-state index contributed by atoms with van der Waals surface area (Å²) in [5, 5.41) is 6.98. The number of fused-ring (bicyclic) bond motifs is 1. The average Bonchev–Trinajstić information content (AvgIpc) is 3.34. The number of amides is 2. The Hall–Kier alpha value is -3.85. The third-order valence-corrected chi connectivity index (χ3v) is 9.87. The number of pyridine rings is 1. The van der Waals surface area contributed by atoms with Gasteiger partial charge in [-0.25, -0.2) is 0 Å². The maximum Gasteiger partial charge on any atom is 0.256 e. The van der Waals surface area contributed by atoms with Crippen LogP contribution in [0.3, 0.4) is 0 Å². The van der Waals surface area contributed by atoms with Crippen LogP contribution in [0.25, 0.3) is 10.9 Å². The van der Waals surface area contributed by atoms with Gasteiger partial charge in [-0.05, 0) is 77.1 Å². The number of hydrogen-bond acceptors (Lipinski definition) is 5. The van der Waals surface area contributed by atoms with Gasteiger partial charge in [-0.3, -0.25) is 14.4 Å². The topological polar surface area (TPSA) is 108 Å². The molecule has 0 bridgehead atoms. The van der Waals surface area contributed by atoms with Crippen molar-refractivity contribution in [3.8, 4) is 5.75 Å². The fourth-order valence-electron chi connectivity index (χ4n) is 7.07. The third-order valence-electron chi connectivity index (χ3n) is 9.87.